The Hall–Kier alpha value is -2.15. The number of benzene rings is 1. The van der Waals surface area contributed by atoms with E-state index in [1.807, 2.05) is 0 Å². The number of aliphatic hydroxyl groups excluding tert-OH is 1. The van der Waals surface area contributed by atoms with E-state index in [0.29, 0.717) is 18.7 Å². The second-order valence-electron chi connectivity index (χ2n) is 4.32. The van der Waals surface area contributed by atoms with Crippen LogP contribution in [0.5, 0.6) is 0 Å². The van der Waals surface area contributed by atoms with Crippen LogP contribution >= 0.6 is 0 Å². The number of carbonyl (C=O) groups is 1. The van der Waals surface area contributed by atoms with E-state index in [9.17, 15) is 20.0 Å². The molecule has 0 fully saturated rings. The number of rotatable bonds is 6. The van der Waals surface area contributed by atoms with Crippen molar-refractivity contribution >= 4 is 17.3 Å². The van der Waals surface area contributed by atoms with Crippen LogP contribution in [0.15, 0.2) is 18.2 Å². The molecule has 0 aromatic heterocycles. The van der Waals surface area contributed by atoms with Gasteiger partial charge in [0, 0.05) is 25.3 Å². The van der Waals surface area contributed by atoms with Crippen LogP contribution in [-0.2, 0) is 0 Å². The lowest BCUT2D eigenvalue weighted by Crippen LogP contribution is -2.22. The van der Waals surface area contributed by atoms with E-state index in [0.717, 1.165) is 0 Å². The molecule has 0 heterocycles. The van der Waals surface area contributed by atoms with Crippen LogP contribution in [0, 0.1) is 10.1 Å². The summed E-state index contributed by atoms with van der Waals surface area (Å²) in [6.45, 7) is 2.17. The first-order valence-electron chi connectivity index (χ1n) is 5.74. The van der Waals surface area contributed by atoms with Gasteiger partial charge in [-0.05, 0) is 25.5 Å². The lowest BCUT2D eigenvalue weighted by molar-refractivity contribution is -0.385. The van der Waals surface area contributed by atoms with Gasteiger partial charge in [0.15, 0.2) is 0 Å². The average Bonchev–Trinajstić information content (AvgIpc) is 2.34. The van der Waals surface area contributed by atoms with Crippen molar-refractivity contribution in [2.45, 2.75) is 19.4 Å². The number of nitrogens with zero attached hydrogens (tertiary/aromatic N) is 2. The van der Waals surface area contributed by atoms with Gasteiger partial charge in [0.25, 0.3) is 5.69 Å². The van der Waals surface area contributed by atoms with Gasteiger partial charge < -0.3 is 15.1 Å². The Morgan fingerprint density at radius 3 is 2.63 bits per heavy atom. The molecule has 0 aliphatic heterocycles. The van der Waals surface area contributed by atoms with Gasteiger partial charge in [-0.2, -0.15) is 0 Å². The molecule has 7 nitrogen and oxygen atoms in total. The Morgan fingerprint density at radius 1 is 1.53 bits per heavy atom. The van der Waals surface area contributed by atoms with Gasteiger partial charge in [-0.15, -0.1) is 0 Å². The molecule has 0 bridgehead atoms. The van der Waals surface area contributed by atoms with Crippen molar-refractivity contribution in [1.29, 1.82) is 0 Å². The van der Waals surface area contributed by atoms with Crippen LogP contribution < -0.4 is 4.90 Å². The second kappa shape index (κ2) is 6.14. The van der Waals surface area contributed by atoms with Gasteiger partial charge in [-0.3, -0.25) is 10.1 Å². The minimum Gasteiger partial charge on any atom is -0.477 e. The van der Waals surface area contributed by atoms with Crippen LogP contribution in [0.2, 0.25) is 0 Å². The minimum atomic E-state index is -1.33. The maximum absolute atomic E-state index is 10.9. The zero-order valence-electron chi connectivity index (χ0n) is 10.7. The maximum Gasteiger partial charge on any atom is 0.342 e. The lowest BCUT2D eigenvalue weighted by atomic mass is 10.1. The first-order valence-corrected chi connectivity index (χ1v) is 5.74. The summed E-state index contributed by atoms with van der Waals surface area (Å²) in [4.78, 5) is 22.7. The number of hydrogen-bond acceptors (Lipinski definition) is 5. The molecule has 1 unspecified atom stereocenters. The number of hydrogen-bond donors (Lipinski definition) is 2. The van der Waals surface area contributed by atoms with Crippen molar-refractivity contribution < 1.29 is 19.9 Å². The van der Waals surface area contributed by atoms with Gasteiger partial charge in [0.1, 0.15) is 5.56 Å². The van der Waals surface area contributed by atoms with Crippen LogP contribution in [0.1, 0.15) is 23.7 Å². The molecule has 0 saturated heterocycles. The largest absolute Gasteiger partial charge is 0.477 e. The van der Waals surface area contributed by atoms with Gasteiger partial charge in [-0.25, -0.2) is 4.79 Å². The number of nitro groups is 1. The minimum absolute atomic E-state index is 0.335. The van der Waals surface area contributed by atoms with Gasteiger partial charge in [-0.1, -0.05) is 0 Å². The molecule has 0 aliphatic carbocycles. The van der Waals surface area contributed by atoms with Crippen molar-refractivity contribution in [3.8, 4) is 0 Å². The molecule has 1 aromatic carbocycles. The molecule has 1 aromatic rings. The van der Waals surface area contributed by atoms with E-state index in [4.69, 9.17) is 5.11 Å². The van der Waals surface area contributed by atoms with Gasteiger partial charge >= 0.3 is 5.97 Å². The third-order valence-corrected chi connectivity index (χ3v) is 2.73. The second-order valence-corrected chi connectivity index (χ2v) is 4.32. The highest BCUT2D eigenvalue weighted by Crippen LogP contribution is 2.25. The van der Waals surface area contributed by atoms with E-state index < -0.39 is 22.7 Å². The van der Waals surface area contributed by atoms with Gasteiger partial charge in [0.05, 0.1) is 11.0 Å². The molecule has 1 rings (SSSR count). The Kier molecular flexibility index (Phi) is 4.82. The normalized spacial score (nSPS) is 11.9. The van der Waals surface area contributed by atoms with E-state index >= 15 is 0 Å². The standard InChI is InChI=1S/C12H16N2O5/c1-8(15)5-6-13(2)9-3-4-10(12(16)17)11(7-9)14(18)19/h3-4,7-8,15H,5-6H2,1-2H3,(H,16,17). The molecule has 0 aliphatic rings. The molecule has 19 heavy (non-hydrogen) atoms. The van der Waals surface area contributed by atoms with Crippen molar-refractivity contribution in [1.82, 2.24) is 0 Å². The van der Waals surface area contributed by atoms with Crippen molar-refractivity contribution in [3.63, 3.8) is 0 Å². The zero-order chi connectivity index (χ0) is 14.6. The van der Waals surface area contributed by atoms with E-state index in [1.165, 1.54) is 18.2 Å². The fourth-order valence-electron chi connectivity index (χ4n) is 1.60. The fraction of sp³-hybridized carbons (Fsp3) is 0.417. The SMILES string of the molecule is CC(O)CCN(C)c1ccc(C(=O)O)c([N+](=O)[O-])c1. The molecular weight excluding hydrogens is 252 g/mol. The summed E-state index contributed by atoms with van der Waals surface area (Å²) in [7, 11) is 1.72. The first-order chi connectivity index (χ1) is 8.82. The molecule has 0 saturated carbocycles. The van der Waals surface area contributed by atoms with Crippen molar-refractivity contribution in [2.24, 2.45) is 0 Å². The monoisotopic (exact) mass is 268 g/mol. The summed E-state index contributed by atoms with van der Waals surface area (Å²) in [5.74, 6) is -1.33. The number of aromatic carboxylic acids is 1. The molecule has 1 atom stereocenters. The van der Waals surface area contributed by atoms with Crippen LogP contribution in [0.3, 0.4) is 0 Å². The fourth-order valence-corrected chi connectivity index (χ4v) is 1.60. The number of aliphatic hydroxyl groups is 1. The summed E-state index contributed by atoms with van der Waals surface area (Å²) in [5, 5.41) is 28.9. The number of carboxylic acid groups (broad SMARTS) is 1. The Morgan fingerprint density at radius 2 is 2.16 bits per heavy atom. The maximum atomic E-state index is 10.9. The number of carboxylic acids is 1. The highest BCUT2D eigenvalue weighted by molar-refractivity contribution is 5.93. The third kappa shape index (κ3) is 3.92. The molecule has 7 heteroatoms. The van der Waals surface area contributed by atoms with Crippen molar-refractivity contribution in [3.05, 3.63) is 33.9 Å². The summed E-state index contributed by atoms with van der Waals surface area (Å²) in [6.07, 6.45) is 0.0565. The summed E-state index contributed by atoms with van der Waals surface area (Å²) in [5.41, 5.74) is -0.232. The van der Waals surface area contributed by atoms with Gasteiger partial charge in [0.2, 0.25) is 0 Å². The Bertz CT molecular complexity index is 487. The van der Waals surface area contributed by atoms with E-state index in [2.05, 4.69) is 0 Å². The summed E-state index contributed by atoms with van der Waals surface area (Å²) >= 11 is 0. The molecule has 0 amide bonds. The predicted octanol–water partition coefficient (Wildman–Crippen LogP) is 1.50. The topological polar surface area (TPSA) is 104 Å². The first kappa shape index (κ1) is 14.9. The van der Waals surface area contributed by atoms with E-state index in [1.54, 1.807) is 18.9 Å². The molecular formula is C12H16N2O5. The molecule has 104 valence electrons. The number of anilines is 1. The number of nitro benzene ring substituents is 1. The van der Waals surface area contributed by atoms with E-state index in [-0.39, 0.29) is 5.56 Å². The highest BCUT2D eigenvalue weighted by Gasteiger charge is 2.20. The van der Waals surface area contributed by atoms with Crippen LogP contribution in [0.4, 0.5) is 11.4 Å². The summed E-state index contributed by atoms with van der Waals surface area (Å²) in [6, 6.07) is 3.96. The average molecular weight is 268 g/mol. The van der Waals surface area contributed by atoms with Crippen LogP contribution in [-0.4, -0.2) is 40.8 Å². The zero-order valence-corrected chi connectivity index (χ0v) is 10.7. The smallest absolute Gasteiger partial charge is 0.342 e. The highest BCUT2D eigenvalue weighted by atomic mass is 16.6. The molecule has 0 radical (unpaired) electrons. The predicted molar refractivity (Wildman–Crippen MR) is 69.6 cm³/mol. The van der Waals surface area contributed by atoms with Crippen LogP contribution in [0.25, 0.3) is 0 Å². The molecule has 0 spiro atoms. The van der Waals surface area contributed by atoms with Crippen molar-refractivity contribution in [2.75, 3.05) is 18.5 Å². The Labute approximate surface area is 110 Å². The third-order valence-electron chi connectivity index (χ3n) is 2.73. The summed E-state index contributed by atoms with van der Waals surface area (Å²) < 4.78 is 0. The quantitative estimate of drug-likeness (QED) is 0.598. The Balaban J connectivity index is 3.01. The lowest BCUT2D eigenvalue weighted by Gasteiger charge is -2.20. The molecule has 2 N–H and O–H groups in total.